The number of aldehydes is 1. The maximum Gasteiger partial charge on any atom is 0.166 e. The minimum absolute atomic E-state index is 0.605. The Hall–Kier alpha value is -1.49. The van der Waals surface area contributed by atoms with E-state index in [0.717, 1.165) is 11.8 Å². The molecule has 1 rings (SSSR count). The summed E-state index contributed by atoms with van der Waals surface area (Å²) in [6.07, 6.45) is 7.63. The van der Waals surface area contributed by atoms with Crippen LogP contribution in [-0.2, 0) is 7.05 Å². The van der Waals surface area contributed by atoms with Crippen LogP contribution < -0.4 is 0 Å². The molecule has 2 nitrogen and oxygen atoms in total. The molecule has 0 aromatic carbocycles. The number of nitrogens with zero attached hydrogens (tertiary/aromatic N) is 1. The number of aromatic nitrogens is 1. The topological polar surface area (TPSA) is 22.0 Å². The number of hydrogen-bond acceptors (Lipinski definition) is 1. The first-order valence-electron chi connectivity index (χ1n) is 2.86. The molecule has 0 radical (unpaired) electrons. The highest BCUT2D eigenvalue weighted by Gasteiger charge is 1.97. The third-order valence-corrected chi connectivity index (χ3v) is 1.33. The Bertz CT molecular complexity index is 291. The van der Waals surface area contributed by atoms with Gasteiger partial charge in [0, 0.05) is 18.8 Å². The first kappa shape index (κ1) is 6.63. The molecule has 1 heterocycles. The summed E-state index contributed by atoms with van der Waals surface area (Å²) in [5.41, 5.74) is 1.34. The predicted octanol–water partition coefficient (Wildman–Crippen LogP) is 0.819. The lowest BCUT2D eigenvalue weighted by Crippen LogP contribution is -1.90. The highest BCUT2D eigenvalue weighted by Crippen LogP contribution is 2.02. The van der Waals surface area contributed by atoms with Gasteiger partial charge in [0.2, 0.25) is 0 Å². The minimum atomic E-state index is 0.605. The number of hydrogen-bond donors (Lipinski definition) is 0. The van der Waals surface area contributed by atoms with Gasteiger partial charge in [-0.1, -0.05) is 5.92 Å². The highest BCUT2D eigenvalue weighted by atomic mass is 16.1. The van der Waals surface area contributed by atoms with Crippen LogP contribution in [-0.4, -0.2) is 10.9 Å². The predicted molar refractivity (Wildman–Crippen MR) is 38.7 cm³/mol. The van der Waals surface area contributed by atoms with Gasteiger partial charge in [-0.3, -0.25) is 4.79 Å². The van der Waals surface area contributed by atoms with Gasteiger partial charge in [0.15, 0.2) is 6.29 Å². The molecule has 0 unspecified atom stereocenters. The summed E-state index contributed by atoms with van der Waals surface area (Å²) in [5, 5.41) is 0. The molecule has 0 aliphatic carbocycles. The molecule has 10 heavy (non-hydrogen) atoms. The summed E-state index contributed by atoms with van der Waals surface area (Å²) in [6, 6.07) is 1.67. The smallest absolute Gasteiger partial charge is 0.166 e. The van der Waals surface area contributed by atoms with Crippen molar-refractivity contribution >= 4 is 6.29 Å². The minimum Gasteiger partial charge on any atom is -0.347 e. The summed E-state index contributed by atoms with van der Waals surface area (Å²) in [7, 11) is 1.78. The summed E-state index contributed by atoms with van der Waals surface area (Å²) < 4.78 is 1.70. The van der Waals surface area contributed by atoms with Gasteiger partial charge in [0.05, 0.1) is 5.69 Å². The maximum atomic E-state index is 10.3. The van der Waals surface area contributed by atoms with Crippen molar-refractivity contribution in [1.29, 1.82) is 0 Å². The van der Waals surface area contributed by atoms with Crippen LogP contribution in [0.3, 0.4) is 0 Å². The van der Waals surface area contributed by atoms with Crippen molar-refractivity contribution < 1.29 is 4.79 Å². The molecule has 50 valence electrons. The fourth-order valence-corrected chi connectivity index (χ4v) is 0.778. The molecular formula is C8H7NO. The molecule has 2 heteroatoms. The van der Waals surface area contributed by atoms with E-state index in [1.165, 1.54) is 0 Å². The van der Waals surface area contributed by atoms with Crippen LogP contribution in [0, 0.1) is 12.3 Å². The normalized spacial score (nSPS) is 8.80. The van der Waals surface area contributed by atoms with Crippen molar-refractivity contribution in [2.45, 2.75) is 0 Å². The van der Waals surface area contributed by atoms with E-state index in [1.807, 2.05) is 0 Å². The average Bonchev–Trinajstić information content (AvgIpc) is 2.30. The molecule has 0 spiro atoms. The van der Waals surface area contributed by atoms with Crippen LogP contribution in [0.5, 0.6) is 0 Å². The van der Waals surface area contributed by atoms with Crippen molar-refractivity contribution in [3.8, 4) is 12.3 Å². The number of rotatable bonds is 1. The SMILES string of the molecule is C#Cc1cc(C=O)n(C)c1. The molecule has 0 fully saturated rings. The van der Waals surface area contributed by atoms with E-state index in [0.29, 0.717) is 5.69 Å². The second-order valence-electron chi connectivity index (χ2n) is 2.03. The van der Waals surface area contributed by atoms with Gasteiger partial charge < -0.3 is 4.57 Å². The number of carbonyl (C=O) groups excluding carboxylic acids is 1. The van der Waals surface area contributed by atoms with E-state index < -0.39 is 0 Å². The lowest BCUT2D eigenvalue weighted by molar-refractivity contribution is 0.111. The van der Waals surface area contributed by atoms with Crippen LogP contribution in [0.1, 0.15) is 16.1 Å². The number of aryl methyl sites for hydroxylation is 1. The fraction of sp³-hybridized carbons (Fsp3) is 0.125. The Morgan fingerprint density at radius 2 is 2.50 bits per heavy atom. The van der Waals surface area contributed by atoms with Gasteiger partial charge in [-0.25, -0.2) is 0 Å². The summed E-state index contributed by atoms with van der Waals surface area (Å²) >= 11 is 0. The fourth-order valence-electron chi connectivity index (χ4n) is 0.778. The summed E-state index contributed by atoms with van der Waals surface area (Å²) in [6.45, 7) is 0. The van der Waals surface area contributed by atoms with Crippen LogP contribution in [0.15, 0.2) is 12.3 Å². The van der Waals surface area contributed by atoms with Crippen LogP contribution in [0.2, 0.25) is 0 Å². The van der Waals surface area contributed by atoms with Gasteiger partial charge in [0.25, 0.3) is 0 Å². The van der Waals surface area contributed by atoms with Crippen molar-refractivity contribution in [2.24, 2.45) is 7.05 Å². The Morgan fingerprint density at radius 3 is 2.80 bits per heavy atom. The van der Waals surface area contributed by atoms with E-state index in [-0.39, 0.29) is 0 Å². The zero-order valence-electron chi connectivity index (χ0n) is 5.66. The van der Waals surface area contributed by atoms with Gasteiger partial charge in [-0.15, -0.1) is 6.42 Å². The first-order valence-corrected chi connectivity index (χ1v) is 2.86. The number of carbonyl (C=O) groups is 1. The van der Waals surface area contributed by atoms with E-state index in [4.69, 9.17) is 6.42 Å². The third kappa shape index (κ3) is 0.939. The maximum absolute atomic E-state index is 10.3. The Labute approximate surface area is 59.5 Å². The second kappa shape index (κ2) is 2.40. The molecule has 0 aliphatic rings. The largest absolute Gasteiger partial charge is 0.347 e. The Morgan fingerprint density at radius 1 is 1.80 bits per heavy atom. The van der Waals surface area contributed by atoms with E-state index in [1.54, 1.807) is 23.9 Å². The highest BCUT2D eigenvalue weighted by molar-refractivity contribution is 5.73. The van der Waals surface area contributed by atoms with Crippen LogP contribution in [0.4, 0.5) is 0 Å². The monoisotopic (exact) mass is 133 g/mol. The van der Waals surface area contributed by atoms with Gasteiger partial charge in [-0.05, 0) is 6.07 Å². The lowest BCUT2D eigenvalue weighted by Gasteiger charge is -1.88. The molecule has 0 atom stereocenters. The molecular weight excluding hydrogens is 126 g/mol. The van der Waals surface area contributed by atoms with E-state index in [9.17, 15) is 4.79 Å². The Balaban J connectivity index is 3.19. The van der Waals surface area contributed by atoms with E-state index in [2.05, 4.69) is 5.92 Å². The lowest BCUT2D eigenvalue weighted by atomic mass is 10.3. The van der Waals surface area contributed by atoms with Crippen molar-refractivity contribution in [3.63, 3.8) is 0 Å². The quantitative estimate of drug-likeness (QED) is 0.410. The third-order valence-electron chi connectivity index (χ3n) is 1.33. The van der Waals surface area contributed by atoms with Gasteiger partial charge in [-0.2, -0.15) is 0 Å². The molecule has 0 saturated carbocycles. The van der Waals surface area contributed by atoms with Crippen LogP contribution >= 0.6 is 0 Å². The molecule has 0 saturated heterocycles. The first-order chi connectivity index (χ1) is 4.77. The standard InChI is InChI=1S/C8H7NO/c1-3-7-4-8(6-10)9(2)5-7/h1,4-6H,2H3. The molecule has 0 amide bonds. The van der Waals surface area contributed by atoms with Crippen molar-refractivity contribution in [2.75, 3.05) is 0 Å². The molecule has 0 N–H and O–H groups in total. The zero-order valence-corrected chi connectivity index (χ0v) is 5.66. The molecule has 1 aromatic heterocycles. The Kier molecular flexibility index (Phi) is 1.59. The molecule has 1 aromatic rings. The summed E-state index contributed by atoms with van der Waals surface area (Å²) in [5.74, 6) is 2.44. The molecule has 0 bridgehead atoms. The molecule has 0 aliphatic heterocycles. The van der Waals surface area contributed by atoms with Crippen LogP contribution in [0.25, 0.3) is 0 Å². The average molecular weight is 133 g/mol. The van der Waals surface area contributed by atoms with E-state index >= 15 is 0 Å². The van der Waals surface area contributed by atoms with Gasteiger partial charge >= 0.3 is 0 Å². The summed E-state index contributed by atoms with van der Waals surface area (Å²) in [4.78, 5) is 10.3. The van der Waals surface area contributed by atoms with Crippen molar-refractivity contribution in [1.82, 2.24) is 4.57 Å². The number of terminal acetylenes is 1. The zero-order chi connectivity index (χ0) is 7.56. The van der Waals surface area contributed by atoms with Gasteiger partial charge in [0.1, 0.15) is 0 Å². The van der Waals surface area contributed by atoms with Crippen molar-refractivity contribution in [3.05, 3.63) is 23.5 Å². The second-order valence-corrected chi connectivity index (χ2v) is 2.03.